The van der Waals surface area contributed by atoms with E-state index in [0.717, 1.165) is 18.5 Å². The van der Waals surface area contributed by atoms with Crippen molar-refractivity contribution in [1.29, 1.82) is 0 Å². The molecule has 1 saturated carbocycles. The smallest absolute Gasteiger partial charge is 0.322 e. The van der Waals surface area contributed by atoms with E-state index in [9.17, 15) is 4.79 Å². The average Bonchev–Trinajstić information content (AvgIpc) is 3.15. The first-order valence-corrected chi connectivity index (χ1v) is 7.77. The van der Waals surface area contributed by atoms with Gasteiger partial charge < -0.3 is 15.0 Å². The Labute approximate surface area is 125 Å². The number of nitrogens with one attached hydrogen (secondary N) is 1. The molecule has 3 saturated heterocycles. The fraction of sp³-hybridized carbons (Fsp3) is 0.588. The van der Waals surface area contributed by atoms with Crippen LogP contribution in [0, 0.1) is 5.92 Å². The van der Waals surface area contributed by atoms with Crippen molar-refractivity contribution in [2.45, 2.75) is 56.9 Å². The molecule has 0 radical (unpaired) electrons. The van der Waals surface area contributed by atoms with Crippen LogP contribution in [0.1, 0.15) is 33.6 Å². The molecule has 1 aromatic rings. The van der Waals surface area contributed by atoms with Gasteiger partial charge in [-0.1, -0.05) is 18.2 Å². The number of amides is 2. The van der Waals surface area contributed by atoms with Gasteiger partial charge >= 0.3 is 6.03 Å². The summed E-state index contributed by atoms with van der Waals surface area (Å²) in [4.78, 5) is 14.6. The Morgan fingerprint density at radius 1 is 1.29 bits per heavy atom. The summed E-state index contributed by atoms with van der Waals surface area (Å²) in [5, 5.41) is 3.01. The first-order chi connectivity index (χ1) is 9.92. The van der Waals surface area contributed by atoms with Crippen LogP contribution in [-0.2, 0) is 4.74 Å². The van der Waals surface area contributed by atoms with Crippen LogP contribution >= 0.6 is 0 Å². The van der Waals surface area contributed by atoms with E-state index in [4.69, 9.17) is 4.74 Å². The van der Waals surface area contributed by atoms with Crippen molar-refractivity contribution in [2.75, 3.05) is 5.32 Å². The van der Waals surface area contributed by atoms with Gasteiger partial charge in [-0.25, -0.2) is 4.79 Å². The number of nitrogens with zero attached hydrogens (tertiary/aromatic N) is 1. The lowest BCUT2D eigenvalue weighted by Gasteiger charge is -2.51. The minimum absolute atomic E-state index is 0.00984. The second-order valence-electron chi connectivity index (χ2n) is 7.30. The molecule has 4 fully saturated rings. The number of benzene rings is 1. The van der Waals surface area contributed by atoms with E-state index in [-0.39, 0.29) is 23.3 Å². The molecule has 2 amide bonds. The van der Waals surface area contributed by atoms with Crippen molar-refractivity contribution in [3.63, 3.8) is 0 Å². The Hall–Kier alpha value is -1.55. The highest BCUT2D eigenvalue weighted by molar-refractivity contribution is 5.92. The lowest BCUT2D eigenvalue weighted by Crippen LogP contribution is -2.58. The van der Waals surface area contributed by atoms with Crippen molar-refractivity contribution in [3.8, 4) is 0 Å². The van der Waals surface area contributed by atoms with E-state index in [1.165, 1.54) is 0 Å². The van der Waals surface area contributed by atoms with E-state index >= 15 is 0 Å². The number of rotatable bonds is 1. The summed E-state index contributed by atoms with van der Waals surface area (Å²) < 4.78 is 6.32. The van der Waals surface area contributed by atoms with Crippen molar-refractivity contribution in [3.05, 3.63) is 30.3 Å². The molecular weight excluding hydrogens is 264 g/mol. The van der Waals surface area contributed by atoms with Crippen LogP contribution < -0.4 is 5.32 Å². The van der Waals surface area contributed by atoms with Crippen LogP contribution in [0.5, 0.6) is 0 Å². The molecule has 112 valence electrons. The number of para-hydroxylation sites is 1. The molecule has 4 nitrogen and oxygen atoms in total. The summed E-state index contributed by atoms with van der Waals surface area (Å²) in [5.74, 6) is 0.450. The lowest BCUT2D eigenvalue weighted by molar-refractivity contribution is -0.214. The van der Waals surface area contributed by atoms with Crippen molar-refractivity contribution >= 4 is 11.7 Å². The number of fused-ring (bicyclic) bond motifs is 2. The Bertz CT molecular complexity index is 586. The fourth-order valence-electron chi connectivity index (χ4n) is 4.60. The molecule has 3 heterocycles. The maximum Gasteiger partial charge on any atom is 0.322 e. The van der Waals surface area contributed by atoms with Gasteiger partial charge in [0, 0.05) is 11.6 Å². The quantitative estimate of drug-likeness (QED) is 0.805. The van der Waals surface area contributed by atoms with Crippen LogP contribution in [0.2, 0.25) is 0 Å². The number of hydrogen-bond acceptors (Lipinski definition) is 2. The van der Waals surface area contributed by atoms with Crippen molar-refractivity contribution in [1.82, 2.24) is 4.90 Å². The molecule has 4 atom stereocenters. The molecule has 1 N–H and O–H groups in total. The number of anilines is 1. The maximum atomic E-state index is 12.6. The highest BCUT2D eigenvalue weighted by atomic mass is 16.5. The van der Waals surface area contributed by atoms with Crippen molar-refractivity contribution in [2.24, 2.45) is 5.92 Å². The summed E-state index contributed by atoms with van der Waals surface area (Å²) in [7, 11) is 0. The molecule has 0 aromatic heterocycles. The first kappa shape index (κ1) is 13.1. The van der Waals surface area contributed by atoms with Gasteiger partial charge in [0.05, 0.1) is 23.3 Å². The molecule has 5 rings (SSSR count). The molecule has 2 bridgehead atoms. The normalized spacial score (nSPS) is 38.8. The van der Waals surface area contributed by atoms with Gasteiger partial charge in [0.2, 0.25) is 0 Å². The molecule has 3 aliphatic heterocycles. The van der Waals surface area contributed by atoms with E-state index in [1.54, 1.807) is 0 Å². The zero-order valence-electron chi connectivity index (χ0n) is 12.8. The van der Waals surface area contributed by atoms with Gasteiger partial charge in [0.25, 0.3) is 0 Å². The van der Waals surface area contributed by atoms with Gasteiger partial charge in [-0.05, 0) is 45.7 Å². The largest absolute Gasteiger partial charge is 0.367 e. The molecular formula is C17H22N2O2. The minimum Gasteiger partial charge on any atom is -0.367 e. The van der Waals surface area contributed by atoms with Crippen LogP contribution in [-0.4, -0.2) is 34.2 Å². The topological polar surface area (TPSA) is 41.3 Å². The second kappa shape index (κ2) is 4.01. The number of hydrogen-bond donors (Lipinski definition) is 1. The number of urea groups is 1. The summed E-state index contributed by atoms with van der Waals surface area (Å²) in [6.45, 7) is 6.49. The monoisotopic (exact) mass is 286 g/mol. The second-order valence-corrected chi connectivity index (χ2v) is 7.30. The zero-order valence-corrected chi connectivity index (χ0v) is 12.8. The molecule has 21 heavy (non-hydrogen) atoms. The maximum absolute atomic E-state index is 12.6. The van der Waals surface area contributed by atoms with Crippen LogP contribution in [0.25, 0.3) is 0 Å². The van der Waals surface area contributed by atoms with E-state index in [0.29, 0.717) is 12.0 Å². The average molecular weight is 286 g/mol. The number of carbonyl (C=O) groups is 1. The fourth-order valence-corrected chi connectivity index (χ4v) is 4.60. The minimum atomic E-state index is -0.184. The Morgan fingerprint density at radius 3 is 2.67 bits per heavy atom. The third-order valence-electron chi connectivity index (χ3n) is 5.49. The molecule has 1 aromatic carbocycles. The van der Waals surface area contributed by atoms with Crippen LogP contribution in [0.3, 0.4) is 0 Å². The standard InChI is InChI=1S/C17H22N2O2/c1-16(2)12-9-10-17(3,21-16)14-13(12)19(14)15(20)18-11-7-5-4-6-8-11/h4-8,12-14H,9-10H2,1-3H3,(H,18,20)/t12-,13+,14-,17-,19?/m0/s1. The number of ether oxygens (including phenoxy) is 1. The summed E-state index contributed by atoms with van der Waals surface area (Å²) in [6.07, 6.45) is 2.21. The lowest BCUT2D eigenvalue weighted by atomic mass is 9.69. The molecule has 0 unspecified atom stereocenters. The van der Waals surface area contributed by atoms with E-state index in [1.807, 2.05) is 35.2 Å². The zero-order chi connectivity index (χ0) is 14.8. The third kappa shape index (κ3) is 1.81. The Kier molecular flexibility index (Phi) is 2.51. The van der Waals surface area contributed by atoms with Crippen molar-refractivity contribution < 1.29 is 9.53 Å². The van der Waals surface area contributed by atoms with Gasteiger partial charge in [-0.2, -0.15) is 0 Å². The molecule has 4 heteroatoms. The van der Waals surface area contributed by atoms with E-state index in [2.05, 4.69) is 26.1 Å². The van der Waals surface area contributed by atoms with Gasteiger partial charge in [0.1, 0.15) is 0 Å². The summed E-state index contributed by atoms with van der Waals surface area (Å²) in [5.41, 5.74) is 0.538. The third-order valence-corrected chi connectivity index (χ3v) is 5.49. The molecule has 1 aliphatic carbocycles. The van der Waals surface area contributed by atoms with Crippen LogP contribution in [0.15, 0.2) is 30.3 Å². The number of carbonyl (C=O) groups excluding carboxylic acids is 1. The molecule has 4 aliphatic rings. The van der Waals surface area contributed by atoms with E-state index < -0.39 is 0 Å². The Morgan fingerprint density at radius 2 is 2.00 bits per heavy atom. The molecule has 0 spiro atoms. The predicted octanol–water partition coefficient (Wildman–Crippen LogP) is 3.25. The number of likely N-dealkylation sites (tertiary alicyclic amines) is 1. The van der Waals surface area contributed by atoms with Gasteiger partial charge in [-0.3, -0.25) is 0 Å². The highest BCUT2D eigenvalue weighted by Crippen LogP contribution is 2.60. The summed E-state index contributed by atoms with van der Waals surface area (Å²) >= 11 is 0. The summed E-state index contributed by atoms with van der Waals surface area (Å²) in [6, 6.07) is 10.2. The van der Waals surface area contributed by atoms with Gasteiger partial charge in [-0.15, -0.1) is 0 Å². The SMILES string of the molecule is CC1(C)O[C@@]2(C)CC[C@H]1[C@@H]1[C@@H]2N1C(=O)Nc1ccccc1. The predicted molar refractivity (Wildman–Crippen MR) is 81.2 cm³/mol. The first-order valence-electron chi connectivity index (χ1n) is 7.77. The van der Waals surface area contributed by atoms with Crippen LogP contribution in [0.4, 0.5) is 10.5 Å². The Balaban J connectivity index is 1.56. The highest BCUT2D eigenvalue weighted by Gasteiger charge is 2.72. The van der Waals surface area contributed by atoms with Gasteiger partial charge in [0.15, 0.2) is 0 Å².